The molecule has 120 valence electrons. The summed E-state index contributed by atoms with van der Waals surface area (Å²) in [5.74, 6) is 3.50. The highest BCUT2D eigenvalue weighted by atomic mass is 16.3. The minimum Gasteiger partial charge on any atom is -0.395 e. The summed E-state index contributed by atoms with van der Waals surface area (Å²) in [7, 11) is 2.05. The second kappa shape index (κ2) is 6.58. The van der Waals surface area contributed by atoms with Crippen molar-refractivity contribution in [2.75, 3.05) is 26.2 Å². The Morgan fingerprint density at radius 1 is 1.27 bits per heavy atom. The SMILES string of the molecule is Cc1nccn1Cc1nnc(C2CCN(CCO)CC2)n1C. The van der Waals surface area contributed by atoms with E-state index in [0.29, 0.717) is 12.5 Å². The molecule has 0 aliphatic carbocycles. The van der Waals surface area contributed by atoms with Crippen molar-refractivity contribution in [3.8, 4) is 0 Å². The summed E-state index contributed by atoms with van der Waals surface area (Å²) in [6.07, 6.45) is 5.94. The Morgan fingerprint density at radius 2 is 2.05 bits per heavy atom. The second-order valence-corrected chi connectivity index (χ2v) is 5.98. The average molecular weight is 304 g/mol. The maximum atomic E-state index is 9.02. The number of aliphatic hydroxyl groups is 1. The quantitative estimate of drug-likeness (QED) is 0.873. The van der Waals surface area contributed by atoms with Gasteiger partial charge in [-0.3, -0.25) is 0 Å². The zero-order valence-electron chi connectivity index (χ0n) is 13.3. The molecular formula is C15H24N6O. The van der Waals surface area contributed by atoms with Crippen LogP contribution in [0, 0.1) is 6.92 Å². The Bertz CT molecular complexity index is 611. The number of rotatable bonds is 5. The summed E-state index contributed by atoms with van der Waals surface area (Å²) in [6, 6.07) is 0. The second-order valence-electron chi connectivity index (χ2n) is 5.98. The normalized spacial score (nSPS) is 17.2. The first-order valence-electron chi connectivity index (χ1n) is 7.88. The molecule has 0 aromatic carbocycles. The number of piperidine rings is 1. The molecule has 0 saturated carbocycles. The first kappa shape index (κ1) is 15.2. The van der Waals surface area contributed by atoms with Gasteiger partial charge in [-0.05, 0) is 32.9 Å². The van der Waals surface area contributed by atoms with E-state index >= 15 is 0 Å². The summed E-state index contributed by atoms with van der Waals surface area (Å²) in [5.41, 5.74) is 0. The highest BCUT2D eigenvalue weighted by molar-refractivity contribution is 5.05. The van der Waals surface area contributed by atoms with E-state index in [1.807, 2.05) is 19.3 Å². The predicted octanol–water partition coefficient (Wildman–Crippen LogP) is 0.540. The van der Waals surface area contributed by atoms with Gasteiger partial charge in [-0.25, -0.2) is 4.98 Å². The van der Waals surface area contributed by atoms with E-state index in [1.54, 1.807) is 0 Å². The molecule has 2 aromatic heterocycles. The van der Waals surface area contributed by atoms with Crippen LogP contribution in [0.1, 0.15) is 36.2 Å². The lowest BCUT2D eigenvalue weighted by Gasteiger charge is -2.30. The van der Waals surface area contributed by atoms with Gasteiger partial charge in [-0.15, -0.1) is 10.2 Å². The van der Waals surface area contributed by atoms with Crippen LogP contribution in [0.4, 0.5) is 0 Å². The number of imidazole rings is 1. The minimum atomic E-state index is 0.239. The lowest BCUT2D eigenvalue weighted by Crippen LogP contribution is -2.35. The van der Waals surface area contributed by atoms with Crippen LogP contribution in [-0.2, 0) is 13.6 Å². The number of hydrogen-bond acceptors (Lipinski definition) is 5. The smallest absolute Gasteiger partial charge is 0.152 e. The molecule has 1 aliphatic heterocycles. The summed E-state index contributed by atoms with van der Waals surface area (Å²) < 4.78 is 4.21. The molecule has 2 aromatic rings. The Hall–Kier alpha value is -1.73. The van der Waals surface area contributed by atoms with Crippen LogP contribution < -0.4 is 0 Å². The number of hydrogen-bond donors (Lipinski definition) is 1. The van der Waals surface area contributed by atoms with Gasteiger partial charge < -0.3 is 19.1 Å². The van der Waals surface area contributed by atoms with Crippen LogP contribution in [0.3, 0.4) is 0 Å². The van der Waals surface area contributed by atoms with Crippen molar-refractivity contribution in [1.82, 2.24) is 29.2 Å². The van der Waals surface area contributed by atoms with Gasteiger partial charge in [0, 0.05) is 31.9 Å². The van der Waals surface area contributed by atoms with Crippen LogP contribution in [-0.4, -0.2) is 60.6 Å². The van der Waals surface area contributed by atoms with Crippen LogP contribution in [0.5, 0.6) is 0 Å². The van der Waals surface area contributed by atoms with Gasteiger partial charge in [0.25, 0.3) is 0 Å². The molecule has 1 saturated heterocycles. The number of aliphatic hydroxyl groups excluding tert-OH is 1. The van der Waals surface area contributed by atoms with E-state index in [9.17, 15) is 0 Å². The number of aryl methyl sites for hydroxylation is 1. The molecule has 0 spiro atoms. The third-order valence-corrected chi connectivity index (χ3v) is 4.60. The molecule has 22 heavy (non-hydrogen) atoms. The van der Waals surface area contributed by atoms with Crippen LogP contribution in [0.15, 0.2) is 12.4 Å². The molecule has 7 heteroatoms. The predicted molar refractivity (Wildman–Crippen MR) is 82.6 cm³/mol. The molecule has 0 atom stereocenters. The third kappa shape index (κ3) is 3.05. The molecule has 0 amide bonds. The van der Waals surface area contributed by atoms with E-state index in [0.717, 1.165) is 49.9 Å². The molecule has 3 heterocycles. The van der Waals surface area contributed by atoms with Gasteiger partial charge in [-0.2, -0.15) is 0 Å². The van der Waals surface area contributed by atoms with Crippen LogP contribution >= 0.6 is 0 Å². The van der Waals surface area contributed by atoms with E-state index in [1.165, 1.54) is 0 Å². The van der Waals surface area contributed by atoms with Gasteiger partial charge in [0.2, 0.25) is 0 Å². The van der Waals surface area contributed by atoms with E-state index < -0.39 is 0 Å². The van der Waals surface area contributed by atoms with Crippen molar-refractivity contribution in [1.29, 1.82) is 0 Å². The summed E-state index contributed by atoms with van der Waals surface area (Å²) >= 11 is 0. The number of likely N-dealkylation sites (tertiary alicyclic amines) is 1. The Labute approximate surface area is 130 Å². The first-order valence-corrected chi connectivity index (χ1v) is 7.88. The molecule has 0 bridgehead atoms. The van der Waals surface area contributed by atoms with Crippen LogP contribution in [0.25, 0.3) is 0 Å². The monoisotopic (exact) mass is 304 g/mol. The summed E-state index contributed by atoms with van der Waals surface area (Å²) in [5, 5.41) is 17.8. The lowest BCUT2D eigenvalue weighted by molar-refractivity contribution is 0.162. The fourth-order valence-corrected chi connectivity index (χ4v) is 3.15. The fourth-order valence-electron chi connectivity index (χ4n) is 3.15. The molecule has 0 radical (unpaired) electrons. The van der Waals surface area contributed by atoms with Crippen molar-refractivity contribution in [3.05, 3.63) is 29.9 Å². The third-order valence-electron chi connectivity index (χ3n) is 4.60. The summed E-state index contributed by atoms with van der Waals surface area (Å²) in [4.78, 5) is 6.55. The molecule has 1 aliphatic rings. The topological polar surface area (TPSA) is 72.0 Å². The Kier molecular flexibility index (Phi) is 4.54. The highest BCUT2D eigenvalue weighted by Crippen LogP contribution is 2.26. The van der Waals surface area contributed by atoms with Crippen molar-refractivity contribution in [2.24, 2.45) is 7.05 Å². The van der Waals surface area contributed by atoms with Gasteiger partial charge in [0.1, 0.15) is 11.6 Å². The lowest BCUT2D eigenvalue weighted by atomic mass is 9.96. The first-order chi connectivity index (χ1) is 10.7. The Morgan fingerprint density at radius 3 is 2.68 bits per heavy atom. The highest BCUT2D eigenvalue weighted by Gasteiger charge is 2.24. The molecule has 1 fully saturated rings. The van der Waals surface area contributed by atoms with E-state index in [4.69, 9.17) is 5.11 Å². The van der Waals surface area contributed by atoms with Gasteiger partial charge in [0.05, 0.1) is 13.2 Å². The molecule has 3 rings (SSSR count). The van der Waals surface area contributed by atoms with Crippen molar-refractivity contribution >= 4 is 0 Å². The maximum Gasteiger partial charge on any atom is 0.152 e. The van der Waals surface area contributed by atoms with E-state index in [-0.39, 0.29) is 6.61 Å². The number of nitrogens with zero attached hydrogens (tertiary/aromatic N) is 6. The minimum absolute atomic E-state index is 0.239. The molecule has 1 N–H and O–H groups in total. The number of aromatic nitrogens is 5. The van der Waals surface area contributed by atoms with Crippen molar-refractivity contribution in [3.63, 3.8) is 0 Å². The fraction of sp³-hybridized carbons (Fsp3) is 0.667. The Balaban J connectivity index is 1.67. The van der Waals surface area contributed by atoms with E-state index in [2.05, 4.69) is 36.3 Å². The maximum absolute atomic E-state index is 9.02. The van der Waals surface area contributed by atoms with Gasteiger partial charge in [0.15, 0.2) is 5.82 Å². The van der Waals surface area contributed by atoms with Crippen molar-refractivity contribution < 1.29 is 5.11 Å². The summed E-state index contributed by atoms with van der Waals surface area (Å²) in [6.45, 7) is 5.76. The zero-order chi connectivity index (χ0) is 15.5. The standard InChI is InChI=1S/C15H24N6O/c1-12-16-5-8-21(12)11-14-17-18-15(19(14)2)13-3-6-20(7-4-13)9-10-22/h5,8,13,22H,3-4,6-7,9-11H2,1-2H3. The molecular weight excluding hydrogens is 280 g/mol. The van der Waals surface area contributed by atoms with Gasteiger partial charge in [-0.1, -0.05) is 0 Å². The number of β-amino-alcohol motifs (C(OH)–C–C–N with tert-alkyl or cyclic N) is 1. The van der Waals surface area contributed by atoms with Crippen molar-refractivity contribution in [2.45, 2.75) is 32.2 Å². The van der Waals surface area contributed by atoms with Gasteiger partial charge >= 0.3 is 0 Å². The zero-order valence-corrected chi connectivity index (χ0v) is 13.3. The van der Waals surface area contributed by atoms with Crippen LogP contribution in [0.2, 0.25) is 0 Å². The molecule has 7 nitrogen and oxygen atoms in total. The largest absolute Gasteiger partial charge is 0.395 e. The average Bonchev–Trinajstić information content (AvgIpc) is 3.08. The molecule has 0 unspecified atom stereocenters.